The number of fused-ring (bicyclic) bond motifs is 2. The van der Waals surface area contributed by atoms with Gasteiger partial charge in [-0.15, -0.1) is 0 Å². The van der Waals surface area contributed by atoms with Gasteiger partial charge in [0.1, 0.15) is 5.75 Å². The first-order chi connectivity index (χ1) is 16.0. The molecule has 3 aliphatic rings. The molecule has 0 bridgehead atoms. The van der Waals surface area contributed by atoms with Crippen molar-refractivity contribution in [2.45, 2.75) is 44.7 Å². The highest BCUT2D eigenvalue weighted by atomic mass is 16.4. The molecule has 0 spiro atoms. The number of carbonyl (C=O) groups is 3. The quantitative estimate of drug-likeness (QED) is 0.747. The number of carbonyl (C=O) groups excluding carboxylic acids is 2. The van der Waals surface area contributed by atoms with Crippen molar-refractivity contribution in [1.82, 2.24) is 9.80 Å². The Bertz CT molecular complexity index is 1110. The highest BCUT2D eigenvalue weighted by Crippen LogP contribution is 2.41. The van der Waals surface area contributed by atoms with E-state index in [9.17, 15) is 24.6 Å². The van der Waals surface area contributed by atoms with Crippen LogP contribution < -0.4 is 0 Å². The third kappa shape index (κ3) is 3.75. The maximum atomic E-state index is 13.8. The van der Waals surface area contributed by atoms with E-state index in [4.69, 9.17) is 0 Å². The summed E-state index contributed by atoms with van der Waals surface area (Å²) in [7, 11) is 0. The number of hydrogen-bond donors (Lipinski definition) is 2. The molecular weight excluding hydrogens is 420 g/mol. The Morgan fingerprint density at radius 2 is 1.70 bits per heavy atom. The molecule has 3 atom stereocenters. The number of phenolic OH excluding ortho intramolecular Hbond substituents is 1. The molecule has 0 unspecified atom stereocenters. The Balaban J connectivity index is 1.48. The van der Waals surface area contributed by atoms with Gasteiger partial charge in [0.15, 0.2) is 0 Å². The first kappa shape index (κ1) is 21.5. The van der Waals surface area contributed by atoms with Crippen LogP contribution in [0.1, 0.15) is 58.8 Å². The van der Waals surface area contributed by atoms with Crippen molar-refractivity contribution in [2.24, 2.45) is 11.8 Å². The fourth-order valence-electron chi connectivity index (χ4n) is 5.81. The summed E-state index contributed by atoms with van der Waals surface area (Å²) >= 11 is 0. The lowest BCUT2D eigenvalue weighted by Crippen LogP contribution is -2.49. The van der Waals surface area contributed by atoms with Crippen LogP contribution in [0.25, 0.3) is 0 Å². The van der Waals surface area contributed by atoms with E-state index < -0.39 is 23.8 Å². The highest BCUT2D eigenvalue weighted by molar-refractivity contribution is 5.98. The van der Waals surface area contributed by atoms with E-state index in [1.165, 1.54) is 0 Å². The zero-order chi connectivity index (χ0) is 23.1. The van der Waals surface area contributed by atoms with Crippen LogP contribution in [0.15, 0.2) is 42.5 Å². The van der Waals surface area contributed by atoms with Gasteiger partial charge in [-0.3, -0.25) is 14.4 Å². The maximum Gasteiger partial charge on any atom is 0.307 e. The second kappa shape index (κ2) is 8.54. The first-order valence-corrected chi connectivity index (χ1v) is 11.7. The number of nitrogens with zero attached hydrogens (tertiary/aromatic N) is 2. The number of hydrogen-bond acceptors (Lipinski definition) is 4. The van der Waals surface area contributed by atoms with Crippen molar-refractivity contribution in [2.75, 3.05) is 13.1 Å². The summed E-state index contributed by atoms with van der Waals surface area (Å²) in [6.45, 7) is 1.16. The Labute approximate surface area is 192 Å². The molecule has 33 heavy (non-hydrogen) atoms. The van der Waals surface area contributed by atoms with Crippen molar-refractivity contribution in [3.8, 4) is 5.75 Å². The van der Waals surface area contributed by atoms with Crippen LogP contribution in [-0.4, -0.2) is 50.9 Å². The molecule has 2 N–H and O–H groups in total. The second-order valence-corrected chi connectivity index (χ2v) is 9.33. The number of phenols is 1. The Morgan fingerprint density at radius 1 is 0.970 bits per heavy atom. The molecule has 7 nitrogen and oxygen atoms in total. The molecule has 1 aliphatic carbocycles. The zero-order valence-electron chi connectivity index (χ0n) is 18.4. The molecule has 2 aromatic carbocycles. The normalized spacial score (nSPS) is 24.4. The van der Waals surface area contributed by atoms with Crippen molar-refractivity contribution in [3.63, 3.8) is 0 Å². The van der Waals surface area contributed by atoms with Gasteiger partial charge in [-0.2, -0.15) is 0 Å². The van der Waals surface area contributed by atoms with Crippen LogP contribution in [-0.2, 0) is 22.6 Å². The number of carboxylic acid groups (broad SMARTS) is 1. The van der Waals surface area contributed by atoms with E-state index in [0.717, 1.165) is 24.0 Å². The van der Waals surface area contributed by atoms with Gasteiger partial charge in [0.2, 0.25) is 5.91 Å². The van der Waals surface area contributed by atoms with Crippen LogP contribution in [0.2, 0.25) is 0 Å². The molecule has 2 amide bonds. The lowest BCUT2D eigenvalue weighted by Gasteiger charge is -2.42. The van der Waals surface area contributed by atoms with Crippen molar-refractivity contribution in [3.05, 3.63) is 64.7 Å². The first-order valence-electron chi connectivity index (χ1n) is 11.7. The van der Waals surface area contributed by atoms with E-state index in [2.05, 4.69) is 0 Å². The SMILES string of the molecule is O=C(O)[C@H]1CCCC[C@H]1C(=O)N1CCc2cccc(O)c2[C@H]1CN1Cc2ccccc2C1=O. The monoisotopic (exact) mass is 448 g/mol. The maximum absolute atomic E-state index is 13.8. The molecule has 0 aromatic heterocycles. The molecule has 2 aromatic rings. The minimum absolute atomic E-state index is 0.0818. The molecule has 0 radical (unpaired) electrons. The molecule has 2 heterocycles. The lowest BCUT2D eigenvalue weighted by atomic mass is 9.77. The molecule has 1 fully saturated rings. The predicted octanol–water partition coefficient (Wildman–Crippen LogP) is 3.37. The van der Waals surface area contributed by atoms with E-state index in [0.29, 0.717) is 43.5 Å². The fourth-order valence-corrected chi connectivity index (χ4v) is 5.81. The van der Waals surface area contributed by atoms with E-state index >= 15 is 0 Å². The van der Waals surface area contributed by atoms with Gasteiger partial charge in [0.05, 0.1) is 17.9 Å². The topological polar surface area (TPSA) is 98.2 Å². The minimum Gasteiger partial charge on any atom is -0.508 e. The number of rotatable bonds is 4. The molecule has 7 heteroatoms. The van der Waals surface area contributed by atoms with Gasteiger partial charge in [-0.05, 0) is 42.5 Å². The number of carboxylic acids is 1. The summed E-state index contributed by atoms with van der Waals surface area (Å²) in [5.74, 6) is -2.33. The van der Waals surface area contributed by atoms with E-state index in [1.54, 1.807) is 21.9 Å². The van der Waals surface area contributed by atoms with E-state index in [1.807, 2.05) is 30.3 Å². The van der Waals surface area contributed by atoms with Gasteiger partial charge in [-0.25, -0.2) is 0 Å². The van der Waals surface area contributed by atoms with Gasteiger partial charge in [0, 0.05) is 30.8 Å². The van der Waals surface area contributed by atoms with Crippen LogP contribution in [0, 0.1) is 11.8 Å². The van der Waals surface area contributed by atoms with Crippen LogP contribution in [0.5, 0.6) is 5.75 Å². The molecule has 2 aliphatic heterocycles. The fraction of sp³-hybridized carbons (Fsp3) is 0.423. The van der Waals surface area contributed by atoms with Gasteiger partial charge in [0.25, 0.3) is 5.91 Å². The lowest BCUT2D eigenvalue weighted by molar-refractivity contribution is -0.153. The van der Waals surface area contributed by atoms with Gasteiger partial charge >= 0.3 is 5.97 Å². The van der Waals surface area contributed by atoms with Crippen LogP contribution >= 0.6 is 0 Å². The van der Waals surface area contributed by atoms with Crippen LogP contribution in [0.4, 0.5) is 0 Å². The summed E-state index contributed by atoms with van der Waals surface area (Å²) in [6.07, 6.45) is 3.30. The average molecular weight is 449 g/mol. The summed E-state index contributed by atoms with van der Waals surface area (Å²) in [5.41, 5.74) is 3.25. The molecule has 172 valence electrons. The Hall–Kier alpha value is -3.35. The number of aromatic hydroxyl groups is 1. The molecular formula is C26H28N2O5. The number of amides is 2. The Morgan fingerprint density at radius 3 is 2.45 bits per heavy atom. The third-order valence-corrected chi connectivity index (χ3v) is 7.48. The number of benzene rings is 2. The summed E-state index contributed by atoms with van der Waals surface area (Å²) in [6, 6.07) is 12.3. The molecule has 1 saturated carbocycles. The van der Waals surface area contributed by atoms with E-state index in [-0.39, 0.29) is 24.1 Å². The summed E-state index contributed by atoms with van der Waals surface area (Å²) < 4.78 is 0. The van der Waals surface area contributed by atoms with Gasteiger partial charge < -0.3 is 20.0 Å². The summed E-state index contributed by atoms with van der Waals surface area (Å²) in [4.78, 5) is 42.1. The van der Waals surface area contributed by atoms with Crippen molar-refractivity contribution >= 4 is 17.8 Å². The molecule has 0 saturated heterocycles. The minimum atomic E-state index is -0.921. The van der Waals surface area contributed by atoms with Crippen molar-refractivity contribution < 1.29 is 24.6 Å². The smallest absolute Gasteiger partial charge is 0.307 e. The highest BCUT2D eigenvalue weighted by Gasteiger charge is 2.43. The van der Waals surface area contributed by atoms with Gasteiger partial charge in [-0.1, -0.05) is 43.2 Å². The third-order valence-electron chi connectivity index (χ3n) is 7.48. The number of aliphatic carboxylic acids is 1. The largest absolute Gasteiger partial charge is 0.508 e. The summed E-state index contributed by atoms with van der Waals surface area (Å²) in [5, 5.41) is 20.5. The molecule has 5 rings (SSSR count). The predicted molar refractivity (Wildman–Crippen MR) is 121 cm³/mol. The van der Waals surface area contributed by atoms with Crippen LogP contribution in [0.3, 0.4) is 0 Å². The van der Waals surface area contributed by atoms with Crippen molar-refractivity contribution in [1.29, 1.82) is 0 Å². The second-order valence-electron chi connectivity index (χ2n) is 9.33. The Kier molecular flexibility index (Phi) is 5.56. The zero-order valence-corrected chi connectivity index (χ0v) is 18.4. The average Bonchev–Trinajstić information content (AvgIpc) is 3.14. The standard InChI is InChI=1S/C26H28N2O5/c29-22-11-5-7-16-12-13-28(25(31)19-9-3-4-10-20(19)26(32)33)21(23(16)22)15-27-14-17-6-1-2-8-18(17)24(27)30/h1-2,5-8,11,19-21,29H,3-4,9-10,12-15H2,(H,32,33)/t19-,20+,21-/m1/s1.